The molecule has 26 heavy (non-hydrogen) atoms. The van der Waals surface area contributed by atoms with Crippen molar-refractivity contribution in [3.63, 3.8) is 0 Å². The largest absolute Gasteiger partial charge is 0.339 e. The molecule has 1 saturated heterocycles. The van der Waals surface area contributed by atoms with Crippen LogP contribution in [0.2, 0.25) is 0 Å². The van der Waals surface area contributed by atoms with Crippen LogP contribution in [0.3, 0.4) is 0 Å². The fourth-order valence-corrected chi connectivity index (χ4v) is 4.08. The Balaban J connectivity index is 1.52. The first-order valence-corrected chi connectivity index (χ1v) is 10.2. The fraction of sp³-hybridized carbons (Fsp3) is 0.389. The van der Waals surface area contributed by atoms with Gasteiger partial charge < -0.3 is 9.80 Å². The number of piperazine rings is 1. The molecule has 1 fully saturated rings. The second kappa shape index (κ2) is 7.82. The van der Waals surface area contributed by atoms with Crippen LogP contribution in [-0.4, -0.2) is 61.1 Å². The molecule has 0 atom stereocenters. The first-order chi connectivity index (χ1) is 12.5. The Morgan fingerprint density at radius 2 is 1.65 bits per heavy atom. The van der Waals surface area contributed by atoms with Crippen molar-refractivity contribution in [2.75, 3.05) is 36.8 Å². The Morgan fingerprint density at radius 3 is 2.27 bits per heavy atom. The summed E-state index contributed by atoms with van der Waals surface area (Å²) in [6, 6.07) is 8.47. The van der Waals surface area contributed by atoms with Crippen molar-refractivity contribution in [1.29, 1.82) is 0 Å². The van der Waals surface area contributed by atoms with Gasteiger partial charge in [-0.25, -0.2) is 18.4 Å². The predicted octanol–water partition coefficient (Wildman–Crippen LogP) is 1.30. The molecule has 1 aromatic carbocycles. The van der Waals surface area contributed by atoms with Crippen molar-refractivity contribution in [3.05, 3.63) is 48.3 Å². The summed E-state index contributed by atoms with van der Waals surface area (Å²) < 4.78 is 24.7. The predicted molar refractivity (Wildman–Crippen MR) is 98.7 cm³/mol. The fourth-order valence-electron chi connectivity index (χ4n) is 2.85. The lowest BCUT2D eigenvalue weighted by molar-refractivity contribution is -0.131. The van der Waals surface area contributed by atoms with E-state index >= 15 is 0 Å². The highest BCUT2D eigenvalue weighted by Gasteiger charge is 2.24. The molecule has 0 unspecified atom stereocenters. The Bertz CT molecular complexity index is 846. The van der Waals surface area contributed by atoms with E-state index in [1.165, 1.54) is 0 Å². The van der Waals surface area contributed by atoms with Gasteiger partial charge in [0, 0.05) is 45.0 Å². The number of carbonyl (C=O) groups excluding carboxylic acids is 1. The second-order valence-corrected chi connectivity index (χ2v) is 8.41. The average Bonchev–Trinajstić information content (AvgIpc) is 2.67. The smallest absolute Gasteiger partial charge is 0.225 e. The zero-order chi connectivity index (χ0) is 18.6. The maximum Gasteiger partial charge on any atom is 0.225 e. The molecule has 0 aliphatic carbocycles. The van der Waals surface area contributed by atoms with Crippen molar-refractivity contribution < 1.29 is 13.2 Å². The van der Waals surface area contributed by atoms with E-state index in [-0.39, 0.29) is 23.0 Å². The van der Waals surface area contributed by atoms with E-state index in [0.29, 0.717) is 32.1 Å². The standard InChI is InChI=1S/C18H22N4O3S/c1-15-3-5-16(6-4-15)26(24,25)14-7-17(23)21-10-12-22(13-11-21)18-19-8-2-9-20-18/h2-6,8-9H,7,10-14H2,1H3. The molecule has 2 heterocycles. The average molecular weight is 374 g/mol. The molecule has 1 amide bonds. The lowest BCUT2D eigenvalue weighted by Crippen LogP contribution is -2.49. The van der Waals surface area contributed by atoms with Gasteiger partial charge in [0.05, 0.1) is 10.6 Å². The molecule has 1 aliphatic heterocycles. The summed E-state index contributed by atoms with van der Waals surface area (Å²) in [6.45, 7) is 4.27. The number of amides is 1. The molecule has 138 valence electrons. The number of anilines is 1. The Morgan fingerprint density at radius 1 is 1.04 bits per heavy atom. The van der Waals surface area contributed by atoms with Crippen LogP contribution in [0.25, 0.3) is 0 Å². The molecule has 8 heteroatoms. The number of benzene rings is 1. The minimum absolute atomic E-state index is 0.00194. The van der Waals surface area contributed by atoms with Gasteiger partial charge in [-0.15, -0.1) is 0 Å². The maximum absolute atomic E-state index is 12.4. The zero-order valence-electron chi connectivity index (χ0n) is 14.7. The van der Waals surface area contributed by atoms with E-state index in [0.717, 1.165) is 5.56 Å². The summed E-state index contributed by atoms with van der Waals surface area (Å²) >= 11 is 0. The highest BCUT2D eigenvalue weighted by atomic mass is 32.2. The monoisotopic (exact) mass is 374 g/mol. The molecule has 3 rings (SSSR count). The number of rotatable bonds is 5. The quantitative estimate of drug-likeness (QED) is 0.784. The third-order valence-corrected chi connectivity index (χ3v) is 6.16. The van der Waals surface area contributed by atoms with Crippen LogP contribution in [0.4, 0.5) is 5.95 Å². The lowest BCUT2D eigenvalue weighted by atomic mass is 10.2. The van der Waals surface area contributed by atoms with E-state index in [2.05, 4.69) is 9.97 Å². The maximum atomic E-state index is 12.4. The third-order valence-electron chi connectivity index (χ3n) is 4.43. The zero-order valence-corrected chi connectivity index (χ0v) is 15.5. The summed E-state index contributed by atoms with van der Waals surface area (Å²) in [7, 11) is -3.44. The molecule has 0 N–H and O–H groups in total. The van der Waals surface area contributed by atoms with Crippen LogP contribution < -0.4 is 4.90 Å². The summed E-state index contributed by atoms with van der Waals surface area (Å²) in [6.07, 6.45) is 3.38. The van der Waals surface area contributed by atoms with Gasteiger partial charge in [-0.2, -0.15) is 0 Å². The molecule has 0 radical (unpaired) electrons. The van der Waals surface area contributed by atoms with Gasteiger partial charge in [0.25, 0.3) is 0 Å². The summed E-state index contributed by atoms with van der Waals surface area (Å²) in [4.78, 5) is 24.8. The van der Waals surface area contributed by atoms with Gasteiger partial charge in [0.2, 0.25) is 11.9 Å². The number of aryl methyl sites for hydroxylation is 1. The van der Waals surface area contributed by atoms with Crippen LogP contribution in [0.5, 0.6) is 0 Å². The van der Waals surface area contributed by atoms with Crippen LogP contribution in [0, 0.1) is 6.92 Å². The SMILES string of the molecule is Cc1ccc(S(=O)(=O)CCC(=O)N2CCN(c3ncccn3)CC2)cc1. The number of aromatic nitrogens is 2. The number of carbonyl (C=O) groups is 1. The van der Waals surface area contributed by atoms with E-state index in [1.54, 1.807) is 47.6 Å². The Kier molecular flexibility index (Phi) is 5.51. The van der Waals surface area contributed by atoms with E-state index in [9.17, 15) is 13.2 Å². The molecule has 0 spiro atoms. The van der Waals surface area contributed by atoms with Crippen molar-refractivity contribution >= 4 is 21.7 Å². The number of nitrogens with zero attached hydrogens (tertiary/aromatic N) is 4. The molecule has 0 saturated carbocycles. The number of sulfone groups is 1. The summed E-state index contributed by atoms with van der Waals surface area (Å²) in [5, 5.41) is 0. The summed E-state index contributed by atoms with van der Waals surface area (Å²) in [5.41, 5.74) is 1.00. The Labute approximate surface area is 153 Å². The first kappa shape index (κ1) is 18.3. The van der Waals surface area contributed by atoms with Gasteiger partial charge in [0.15, 0.2) is 9.84 Å². The van der Waals surface area contributed by atoms with E-state index in [4.69, 9.17) is 0 Å². The van der Waals surface area contributed by atoms with Gasteiger partial charge in [-0.05, 0) is 25.1 Å². The molecule has 1 aromatic heterocycles. The highest BCUT2D eigenvalue weighted by Crippen LogP contribution is 2.15. The molecular weight excluding hydrogens is 352 g/mol. The van der Waals surface area contributed by atoms with Crippen molar-refractivity contribution in [2.45, 2.75) is 18.2 Å². The Hall–Kier alpha value is -2.48. The lowest BCUT2D eigenvalue weighted by Gasteiger charge is -2.34. The van der Waals surface area contributed by atoms with Crippen LogP contribution in [-0.2, 0) is 14.6 Å². The van der Waals surface area contributed by atoms with Crippen molar-refractivity contribution in [2.24, 2.45) is 0 Å². The second-order valence-electron chi connectivity index (χ2n) is 6.30. The molecule has 0 bridgehead atoms. The minimum atomic E-state index is -3.44. The van der Waals surface area contributed by atoms with Crippen LogP contribution >= 0.6 is 0 Å². The third kappa shape index (κ3) is 4.37. The summed E-state index contributed by atoms with van der Waals surface area (Å²) in [5.74, 6) is 0.354. The van der Waals surface area contributed by atoms with E-state index < -0.39 is 9.84 Å². The van der Waals surface area contributed by atoms with Gasteiger partial charge in [-0.3, -0.25) is 4.79 Å². The molecular formula is C18H22N4O3S. The van der Waals surface area contributed by atoms with Gasteiger partial charge >= 0.3 is 0 Å². The van der Waals surface area contributed by atoms with Gasteiger partial charge in [-0.1, -0.05) is 17.7 Å². The van der Waals surface area contributed by atoms with Crippen molar-refractivity contribution in [3.8, 4) is 0 Å². The van der Waals surface area contributed by atoms with Gasteiger partial charge in [0.1, 0.15) is 0 Å². The molecule has 1 aliphatic rings. The highest BCUT2D eigenvalue weighted by molar-refractivity contribution is 7.91. The molecule has 7 nitrogen and oxygen atoms in total. The number of hydrogen-bond donors (Lipinski definition) is 0. The van der Waals surface area contributed by atoms with E-state index in [1.807, 2.05) is 11.8 Å². The number of hydrogen-bond acceptors (Lipinski definition) is 6. The van der Waals surface area contributed by atoms with Crippen LogP contribution in [0.15, 0.2) is 47.6 Å². The normalized spacial score (nSPS) is 15.1. The van der Waals surface area contributed by atoms with Crippen LogP contribution in [0.1, 0.15) is 12.0 Å². The molecule has 2 aromatic rings. The van der Waals surface area contributed by atoms with Crippen molar-refractivity contribution in [1.82, 2.24) is 14.9 Å². The first-order valence-electron chi connectivity index (χ1n) is 8.55. The minimum Gasteiger partial charge on any atom is -0.339 e. The topological polar surface area (TPSA) is 83.5 Å².